The number of amides is 1. The van der Waals surface area contributed by atoms with Gasteiger partial charge >= 0.3 is 0 Å². The van der Waals surface area contributed by atoms with Crippen LogP contribution in [-0.4, -0.2) is 25.0 Å². The number of carbonyl (C=O) groups is 1. The van der Waals surface area contributed by atoms with E-state index in [1.165, 1.54) is 24.0 Å². The minimum absolute atomic E-state index is 0.131. The van der Waals surface area contributed by atoms with E-state index >= 15 is 0 Å². The summed E-state index contributed by atoms with van der Waals surface area (Å²) in [6.07, 6.45) is 4.24. The van der Waals surface area contributed by atoms with E-state index < -0.39 is 0 Å². The second kappa shape index (κ2) is 5.96. The molecule has 1 heterocycles. The zero-order valence-electron chi connectivity index (χ0n) is 12.2. The van der Waals surface area contributed by atoms with Crippen LogP contribution < -0.4 is 10.6 Å². The van der Waals surface area contributed by atoms with Gasteiger partial charge in [0.05, 0.1) is 0 Å². The van der Waals surface area contributed by atoms with Crippen LogP contribution in [0.5, 0.6) is 0 Å². The fourth-order valence-electron chi connectivity index (χ4n) is 3.51. The molecule has 1 aromatic rings. The highest BCUT2D eigenvalue weighted by atomic mass is 16.1. The Kier molecular flexibility index (Phi) is 4.06. The molecule has 108 valence electrons. The molecule has 0 bridgehead atoms. The van der Waals surface area contributed by atoms with Crippen LogP contribution in [0, 0.1) is 11.8 Å². The second-order valence-electron chi connectivity index (χ2n) is 6.28. The zero-order valence-corrected chi connectivity index (χ0v) is 12.2. The molecule has 3 rings (SSSR count). The molecule has 0 radical (unpaired) electrons. The van der Waals surface area contributed by atoms with Crippen molar-refractivity contribution in [2.24, 2.45) is 11.8 Å². The number of benzene rings is 1. The van der Waals surface area contributed by atoms with Gasteiger partial charge in [0.15, 0.2) is 0 Å². The topological polar surface area (TPSA) is 41.1 Å². The monoisotopic (exact) mass is 272 g/mol. The molecule has 1 aromatic carbocycles. The van der Waals surface area contributed by atoms with Crippen molar-refractivity contribution < 1.29 is 4.79 Å². The third-order valence-corrected chi connectivity index (χ3v) is 4.83. The van der Waals surface area contributed by atoms with Gasteiger partial charge in [0, 0.05) is 12.0 Å². The van der Waals surface area contributed by atoms with Gasteiger partial charge in [-0.05, 0) is 62.7 Å². The first kappa shape index (κ1) is 13.6. The van der Waals surface area contributed by atoms with Crippen molar-refractivity contribution in [3.05, 3.63) is 35.4 Å². The van der Waals surface area contributed by atoms with Gasteiger partial charge in [0.1, 0.15) is 0 Å². The molecule has 2 N–H and O–H groups in total. The third-order valence-electron chi connectivity index (χ3n) is 4.83. The van der Waals surface area contributed by atoms with Crippen LogP contribution in [0.25, 0.3) is 0 Å². The maximum Gasteiger partial charge on any atom is 0.223 e. The molecule has 0 saturated carbocycles. The van der Waals surface area contributed by atoms with E-state index in [0.29, 0.717) is 5.92 Å². The van der Waals surface area contributed by atoms with E-state index in [4.69, 9.17) is 0 Å². The van der Waals surface area contributed by atoms with Gasteiger partial charge in [-0.25, -0.2) is 0 Å². The molecule has 2 unspecified atom stereocenters. The SMILES string of the molecule is CC(NC(=O)C1Cc2ccccc2C1)C1CCCNC1. The molecule has 3 heteroatoms. The van der Waals surface area contributed by atoms with Gasteiger partial charge in [-0.2, -0.15) is 0 Å². The molecular formula is C17H24N2O. The normalized spacial score (nSPS) is 24.1. The van der Waals surface area contributed by atoms with Gasteiger partial charge in [-0.15, -0.1) is 0 Å². The van der Waals surface area contributed by atoms with Gasteiger partial charge in [0.25, 0.3) is 0 Å². The first-order valence-electron chi connectivity index (χ1n) is 7.82. The molecule has 2 atom stereocenters. The summed E-state index contributed by atoms with van der Waals surface area (Å²) >= 11 is 0. The van der Waals surface area contributed by atoms with Crippen molar-refractivity contribution in [2.45, 2.75) is 38.6 Å². The van der Waals surface area contributed by atoms with Crippen molar-refractivity contribution in [1.82, 2.24) is 10.6 Å². The second-order valence-corrected chi connectivity index (χ2v) is 6.28. The highest BCUT2D eigenvalue weighted by Gasteiger charge is 2.29. The Morgan fingerprint density at radius 3 is 2.60 bits per heavy atom. The zero-order chi connectivity index (χ0) is 13.9. The molecule has 1 amide bonds. The number of fused-ring (bicyclic) bond motifs is 1. The number of hydrogen-bond donors (Lipinski definition) is 2. The maximum atomic E-state index is 12.4. The Morgan fingerprint density at radius 2 is 2.00 bits per heavy atom. The van der Waals surface area contributed by atoms with Gasteiger partial charge in [-0.3, -0.25) is 4.79 Å². The average molecular weight is 272 g/mol. The minimum Gasteiger partial charge on any atom is -0.353 e. The lowest BCUT2D eigenvalue weighted by Crippen LogP contribution is -2.46. The van der Waals surface area contributed by atoms with Crippen molar-refractivity contribution in [3.63, 3.8) is 0 Å². The van der Waals surface area contributed by atoms with E-state index in [1.807, 2.05) is 0 Å². The summed E-state index contributed by atoms with van der Waals surface area (Å²) in [5.74, 6) is 0.946. The number of carbonyl (C=O) groups excluding carboxylic acids is 1. The lowest BCUT2D eigenvalue weighted by molar-refractivity contribution is -0.125. The summed E-state index contributed by atoms with van der Waals surface area (Å²) in [6.45, 7) is 4.30. The van der Waals surface area contributed by atoms with Crippen LogP contribution >= 0.6 is 0 Å². The Labute approximate surface area is 121 Å². The molecule has 3 nitrogen and oxygen atoms in total. The third kappa shape index (κ3) is 2.88. The van der Waals surface area contributed by atoms with E-state index in [1.54, 1.807) is 0 Å². The Morgan fingerprint density at radius 1 is 1.30 bits per heavy atom. The minimum atomic E-state index is 0.131. The molecule has 2 aliphatic rings. The van der Waals surface area contributed by atoms with Crippen LogP contribution in [0.3, 0.4) is 0 Å². The van der Waals surface area contributed by atoms with Crippen molar-refractivity contribution in [3.8, 4) is 0 Å². The number of hydrogen-bond acceptors (Lipinski definition) is 2. The fraction of sp³-hybridized carbons (Fsp3) is 0.588. The summed E-state index contributed by atoms with van der Waals surface area (Å²) in [5.41, 5.74) is 2.69. The number of rotatable bonds is 3. The standard InChI is InChI=1S/C17H24N2O/c1-12(15-7-4-8-18-11-15)19-17(20)16-9-13-5-2-3-6-14(13)10-16/h2-3,5-6,12,15-16,18H,4,7-11H2,1H3,(H,19,20). The van der Waals surface area contributed by atoms with Crippen LogP contribution in [0.2, 0.25) is 0 Å². The molecule has 1 aliphatic heterocycles. The summed E-state index contributed by atoms with van der Waals surface area (Å²) in [4.78, 5) is 12.4. The predicted molar refractivity (Wildman–Crippen MR) is 80.5 cm³/mol. The van der Waals surface area contributed by atoms with Crippen LogP contribution in [0.1, 0.15) is 30.9 Å². The average Bonchev–Trinajstić information content (AvgIpc) is 2.92. The highest BCUT2D eigenvalue weighted by molar-refractivity contribution is 5.80. The van der Waals surface area contributed by atoms with Gasteiger partial charge in [-0.1, -0.05) is 24.3 Å². The first-order valence-corrected chi connectivity index (χ1v) is 7.82. The fourth-order valence-corrected chi connectivity index (χ4v) is 3.51. The summed E-state index contributed by atoms with van der Waals surface area (Å²) < 4.78 is 0. The van der Waals surface area contributed by atoms with Crippen LogP contribution in [0.4, 0.5) is 0 Å². The smallest absolute Gasteiger partial charge is 0.223 e. The molecule has 20 heavy (non-hydrogen) atoms. The molecular weight excluding hydrogens is 248 g/mol. The van der Waals surface area contributed by atoms with E-state index in [2.05, 4.69) is 41.8 Å². The summed E-state index contributed by atoms with van der Waals surface area (Å²) in [6, 6.07) is 8.71. The lowest BCUT2D eigenvalue weighted by Gasteiger charge is -2.29. The lowest BCUT2D eigenvalue weighted by atomic mass is 9.92. The Balaban J connectivity index is 1.55. The van der Waals surface area contributed by atoms with Crippen molar-refractivity contribution in [2.75, 3.05) is 13.1 Å². The van der Waals surface area contributed by atoms with E-state index in [0.717, 1.165) is 25.9 Å². The highest BCUT2D eigenvalue weighted by Crippen LogP contribution is 2.27. The van der Waals surface area contributed by atoms with Crippen molar-refractivity contribution in [1.29, 1.82) is 0 Å². The van der Waals surface area contributed by atoms with E-state index in [9.17, 15) is 4.79 Å². The number of nitrogens with one attached hydrogen (secondary N) is 2. The molecule has 0 spiro atoms. The predicted octanol–water partition coefficient (Wildman–Crippen LogP) is 1.91. The van der Waals surface area contributed by atoms with Crippen molar-refractivity contribution >= 4 is 5.91 Å². The largest absolute Gasteiger partial charge is 0.353 e. The quantitative estimate of drug-likeness (QED) is 0.882. The molecule has 0 aromatic heterocycles. The van der Waals surface area contributed by atoms with Gasteiger partial charge < -0.3 is 10.6 Å². The van der Waals surface area contributed by atoms with E-state index in [-0.39, 0.29) is 17.9 Å². The first-order chi connectivity index (χ1) is 9.74. The molecule has 1 aliphatic carbocycles. The Hall–Kier alpha value is -1.35. The molecule has 1 saturated heterocycles. The molecule has 1 fully saturated rings. The number of piperidine rings is 1. The maximum absolute atomic E-state index is 12.4. The van der Waals surface area contributed by atoms with Gasteiger partial charge in [0.2, 0.25) is 5.91 Å². The Bertz CT molecular complexity index is 455. The van der Waals surface area contributed by atoms with Crippen LogP contribution in [0.15, 0.2) is 24.3 Å². The summed E-state index contributed by atoms with van der Waals surface area (Å²) in [5, 5.41) is 6.67. The van der Waals surface area contributed by atoms with Crippen LogP contribution in [-0.2, 0) is 17.6 Å². The summed E-state index contributed by atoms with van der Waals surface area (Å²) in [7, 11) is 0.